The van der Waals surface area contributed by atoms with E-state index in [4.69, 9.17) is 4.74 Å². The molecular weight excluding hydrogens is 364 g/mol. The number of aryl methyl sites for hydroxylation is 1. The zero-order valence-electron chi connectivity index (χ0n) is 16.5. The van der Waals surface area contributed by atoms with Crippen molar-refractivity contribution in [3.63, 3.8) is 0 Å². The maximum Gasteiger partial charge on any atom is 0.231 e. The first-order chi connectivity index (χ1) is 14.2. The summed E-state index contributed by atoms with van der Waals surface area (Å²) in [6.45, 7) is 5.70. The van der Waals surface area contributed by atoms with Crippen molar-refractivity contribution < 1.29 is 19.5 Å². The molecule has 0 aliphatic carbocycles. The molecule has 148 valence electrons. The number of hydrogen-bond donors (Lipinski definition) is 1. The van der Waals surface area contributed by atoms with E-state index in [2.05, 4.69) is 23.6 Å². The Morgan fingerprint density at radius 1 is 1.17 bits per heavy atom. The van der Waals surface area contributed by atoms with Crippen LogP contribution in [0.2, 0.25) is 0 Å². The van der Waals surface area contributed by atoms with Gasteiger partial charge in [0.15, 0.2) is 5.76 Å². The number of benzene rings is 2. The maximum atomic E-state index is 13.0. The molecule has 29 heavy (non-hydrogen) atoms. The van der Waals surface area contributed by atoms with Gasteiger partial charge >= 0.3 is 0 Å². The second kappa shape index (κ2) is 7.08. The van der Waals surface area contributed by atoms with E-state index in [1.165, 1.54) is 23.8 Å². The van der Waals surface area contributed by atoms with E-state index in [1.807, 2.05) is 24.4 Å². The number of Topliss-reactive ketones (excluding diaryl/α,β-unsaturated/α-hetero) is 1. The van der Waals surface area contributed by atoms with Crippen molar-refractivity contribution in [2.75, 3.05) is 13.1 Å². The van der Waals surface area contributed by atoms with Gasteiger partial charge in [-0.3, -0.25) is 4.79 Å². The predicted octanol–water partition coefficient (Wildman–Crippen LogP) is 2.53. The molecule has 0 spiro atoms. The van der Waals surface area contributed by atoms with Crippen LogP contribution >= 0.6 is 0 Å². The number of hydrogen-bond acceptors (Lipinski definition) is 3. The Hall–Kier alpha value is -3.05. The van der Waals surface area contributed by atoms with Gasteiger partial charge in [-0.15, -0.1) is 0 Å². The molecule has 2 aliphatic rings. The summed E-state index contributed by atoms with van der Waals surface area (Å²) in [7, 11) is 0. The lowest BCUT2D eigenvalue weighted by molar-refractivity contribution is -0.901. The highest BCUT2D eigenvalue weighted by Gasteiger charge is 2.31. The van der Waals surface area contributed by atoms with Gasteiger partial charge in [-0.05, 0) is 25.1 Å². The minimum absolute atomic E-state index is 0.0419. The molecule has 0 amide bonds. The molecule has 1 aromatic heterocycles. The Labute approximate surface area is 169 Å². The second-order valence-electron chi connectivity index (χ2n) is 7.88. The number of likely N-dealkylation sites (tertiary alicyclic amines) is 1. The van der Waals surface area contributed by atoms with Gasteiger partial charge in [-0.2, -0.15) is 0 Å². The van der Waals surface area contributed by atoms with Crippen LogP contribution in [-0.2, 0) is 13.1 Å². The third-order valence-corrected chi connectivity index (χ3v) is 6.08. The lowest BCUT2D eigenvalue weighted by atomic mass is 10.0. The smallest absolute Gasteiger partial charge is 0.231 e. The highest BCUT2D eigenvalue weighted by Crippen LogP contribution is 2.39. The van der Waals surface area contributed by atoms with Crippen molar-refractivity contribution >= 4 is 22.8 Å². The van der Waals surface area contributed by atoms with Crippen molar-refractivity contribution in [1.82, 2.24) is 4.57 Å². The molecule has 5 nitrogen and oxygen atoms in total. The average molecular weight is 388 g/mol. The summed E-state index contributed by atoms with van der Waals surface area (Å²) in [6.07, 6.45) is 6.23. The molecule has 5 rings (SSSR count). The number of ether oxygens (including phenoxy) is 1. The van der Waals surface area contributed by atoms with Gasteiger partial charge in [0.1, 0.15) is 12.3 Å². The van der Waals surface area contributed by atoms with Crippen LogP contribution in [0.3, 0.4) is 0 Å². The van der Waals surface area contributed by atoms with E-state index in [0.717, 1.165) is 36.1 Å². The van der Waals surface area contributed by atoms with Gasteiger partial charge in [-0.25, -0.2) is 0 Å². The topological polar surface area (TPSA) is 58.7 Å². The van der Waals surface area contributed by atoms with E-state index in [-0.39, 0.29) is 11.5 Å². The number of allylic oxidation sites excluding steroid dienone is 1. The Bertz CT molecular complexity index is 1140. The highest BCUT2D eigenvalue weighted by molar-refractivity contribution is 6.15. The van der Waals surface area contributed by atoms with Crippen LogP contribution < -0.4 is 14.7 Å². The van der Waals surface area contributed by atoms with Crippen LogP contribution in [0.15, 0.2) is 48.4 Å². The number of quaternary nitrogens is 1. The summed E-state index contributed by atoms with van der Waals surface area (Å²) in [5.74, 6) is 0.570. The summed E-state index contributed by atoms with van der Waals surface area (Å²) in [6, 6.07) is 11.3. The van der Waals surface area contributed by atoms with Gasteiger partial charge in [0.25, 0.3) is 0 Å². The Morgan fingerprint density at radius 3 is 2.76 bits per heavy atom. The number of carbonyl (C=O) groups excluding carboxylic acids is 1. The summed E-state index contributed by atoms with van der Waals surface area (Å²) < 4.78 is 8.19. The van der Waals surface area contributed by atoms with Crippen LogP contribution in [0.1, 0.15) is 41.3 Å². The van der Waals surface area contributed by atoms with Crippen LogP contribution in [0.4, 0.5) is 0 Å². The minimum atomic E-state index is -0.147. The lowest BCUT2D eigenvalue weighted by Gasteiger charge is -2.19. The van der Waals surface area contributed by atoms with Crippen LogP contribution in [0.25, 0.3) is 17.0 Å². The normalized spacial score (nSPS) is 18.0. The van der Waals surface area contributed by atoms with Gasteiger partial charge in [0, 0.05) is 47.6 Å². The molecule has 5 heteroatoms. The molecule has 2 aromatic carbocycles. The van der Waals surface area contributed by atoms with Crippen molar-refractivity contribution in [1.29, 1.82) is 0 Å². The first kappa shape index (κ1) is 18.0. The highest BCUT2D eigenvalue weighted by atomic mass is 16.5. The first-order valence-electron chi connectivity index (χ1n) is 10.3. The number of nitrogens with one attached hydrogen (secondary N) is 1. The molecule has 0 atom stereocenters. The zero-order valence-corrected chi connectivity index (χ0v) is 16.5. The summed E-state index contributed by atoms with van der Waals surface area (Å²) in [4.78, 5) is 14.4. The van der Waals surface area contributed by atoms with E-state index in [9.17, 15) is 9.90 Å². The molecule has 0 unspecified atom stereocenters. The molecule has 0 saturated carbocycles. The van der Waals surface area contributed by atoms with Gasteiger partial charge in [0.2, 0.25) is 5.78 Å². The Kier molecular flexibility index (Phi) is 4.40. The molecule has 3 aromatic rings. The lowest BCUT2D eigenvalue weighted by Crippen LogP contribution is -3.08. The van der Waals surface area contributed by atoms with E-state index in [0.29, 0.717) is 29.2 Å². The van der Waals surface area contributed by atoms with Gasteiger partial charge in [-0.1, -0.05) is 30.0 Å². The van der Waals surface area contributed by atoms with Crippen LogP contribution in [0.5, 0.6) is 11.5 Å². The summed E-state index contributed by atoms with van der Waals surface area (Å²) in [5.41, 5.74) is 3.22. The standard InChI is InChI=1S/C24H24N2O3/c1-2-26-14-16(17-7-3-4-8-20(17)26)13-22-23(28)18-9-10-21(27)19(24(18)29-22)15-25-11-5-6-12-25/h3-4,7-10,13-14,27H,2,5-6,11-12,15H2,1H3/b22-13-. The molecule has 1 fully saturated rings. The Balaban J connectivity index is 1.54. The van der Waals surface area contributed by atoms with E-state index >= 15 is 0 Å². The number of carbonyl (C=O) groups is 1. The summed E-state index contributed by atoms with van der Waals surface area (Å²) >= 11 is 0. The molecule has 1 N–H and O–H groups in total. The van der Waals surface area contributed by atoms with Crippen molar-refractivity contribution in [2.45, 2.75) is 32.9 Å². The summed E-state index contributed by atoms with van der Waals surface area (Å²) in [5, 5.41) is 13.6. The Morgan fingerprint density at radius 2 is 1.97 bits per heavy atom. The molecule has 0 radical (unpaired) electrons. The predicted molar refractivity (Wildman–Crippen MR) is 110 cm³/mol. The molecule has 1 saturated heterocycles. The van der Waals surface area contributed by atoms with E-state index < -0.39 is 0 Å². The fourth-order valence-electron chi connectivity index (χ4n) is 4.55. The third kappa shape index (κ3) is 3.02. The number of ketones is 1. The third-order valence-electron chi connectivity index (χ3n) is 6.08. The second-order valence-corrected chi connectivity index (χ2v) is 7.88. The van der Waals surface area contributed by atoms with Crippen molar-refractivity contribution in [2.24, 2.45) is 0 Å². The first-order valence-corrected chi connectivity index (χ1v) is 10.3. The molecular formula is C24H24N2O3. The molecule has 3 heterocycles. The van der Waals surface area contributed by atoms with Crippen molar-refractivity contribution in [3.8, 4) is 11.5 Å². The number of fused-ring (bicyclic) bond motifs is 2. The largest absolute Gasteiger partial charge is 0.872 e. The van der Waals surface area contributed by atoms with Crippen LogP contribution in [0, 0.1) is 0 Å². The molecule has 2 aliphatic heterocycles. The quantitative estimate of drug-likeness (QED) is 0.699. The van der Waals surface area contributed by atoms with Gasteiger partial charge < -0.3 is 19.3 Å². The van der Waals surface area contributed by atoms with Crippen LogP contribution in [-0.4, -0.2) is 23.4 Å². The zero-order chi connectivity index (χ0) is 20.0. The average Bonchev–Trinajstić information content (AvgIpc) is 3.44. The fraction of sp³-hybridized carbons (Fsp3) is 0.292. The monoisotopic (exact) mass is 388 g/mol. The van der Waals surface area contributed by atoms with E-state index in [1.54, 1.807) is 6.07 Å². The number of rotatable bonds is 4. The maximum absolute atomic E-state index is 13.0. The molecule has 0 bridgehead atoms. The van der Waals surface area contributed by atoms with Crippen molar-refractivity contribution in [3.05, 3.63) is 65.0 Å². The number of aromatic nitrogens is 1. The number of para-hydroxylation sites is 1. The fourth-order valence-corrected chi connectivity index (χ4v) is 4.55. The van der Waals surface area contributed by atoms with Gasteiger partial charge in [0.05, 0.1) is 18.7 Å². The minimum Gasteiger partial charge on any atom is -0.872 e. The number of nitrogens with zero attached hydrogens (tertiary/aromatic N) is 1. The SMILES string of the molecule is CCn1cc(/C=C2\Oc3c(ccc([O-])c3C[NH+]3CCCC3)C2=O)c2ccccc21.